The molecular weight excluding hydrogens is 411 g/mol. The first kappa shape index (κ1) is 20.7. The van der Waals surface area contributed by atoms with Gasteiger partial charge in [0.05, 0.1) is 30.5 Å². The molecule has 0 spiro atoms. The Morgan fingerprint density at radius 3 is 2.55 bits per heavy atom. The summed E-state index contributed by atoms with van der Waals surface area (Å²) >= 11 is 12.1. The van der Waals surface area contributed by atoms with Crippen LogP contribution in [0.5, 0.6) is 11.5 Å². The molecule has 148 valence electrons. The fourth-order valence-corrected chi connectivity index (χ4v) is 3.10. The van der Waals surface area contributed by atoms with Crippen LogP contribution in [-0.4, -0.2) is 25.0 Å². The average Bonchev–Trinajstić information content (AvgIpc) is 2.74. The summed E-state index contributed by atoms with van der Waals surface area (Å²) in [7, 11) is 3.13. The van der Waals surface area contributed by atoms with Gasteiger partial charge in [0.15, 0.2) is 17.3 Å². The van der Waals surface area contributed by atoms with Gasteiger partial charge in [0.2, 0.25) is 0 Å². The second-order valence-corrected chi connectivity index (χ2v) is 6.80. The summed E-state index contributed by atoms with van der Waals surface area (Å²) in [6, 6.07) is 13.9. The summed E-state index contributed by atoms with van der Waals surface area (Å²) in [4.78, 5) is 17.0. The zero-order valence-corrected chi connectivity index (χ0v) is 17.3. The van der Waals surface area contributed by atoms with E-state index in [1.807, 2.05) is 6.07 Å². The number of hydrogen-bond acceptors (Lipinski definition) is 5. The highest BCUT2D eigenvalue weighted by Crippen LogP contribution is 2.30. The lowest BCUT2D eigenvalue weighted by atomic mass is 10.1. The van der Waals surface area contributed by atoms with Crippen molar-refractivity contribution < 1.29 is 14.3 Å². The zero-order chi connectivity index (χ0) is 20.8. The number of rotatable bonds is 7. The number of nitrogens with zero attached hydrogens (tertiary/aromatic N) is 1. The molecule has 3 aromatic rings. The van der Waals surface area contributed by atoms with Crippen molar-refractivity contribution in [3.8, 4) is 11.5 Å². The lowest BCUT2D eigenvalue weighted by molar-refractivity contribution is 0.104. The van der Waals surface area contributed by atoms with Crippen LogP contribution in [0, 0.1) is 0 Å². The monoisotopic (exact) mass is 428 g/mol. The number of ketones is 1. The molecule has 0 atom stereocenters. The molecule has 1 aromatic heterocycles. The van der Waals surface area contributed by atoms with E-state index in [2.05, 4.69) is 10.3 Å². The molecule has 3 rings (SSSR count). The third-order valence-electron chi connectivity index (χ3n) is 4.09. The van der Waals surface area contributed by atoms with Crippen LogP contribution in [0.3, 0.4) is 0 Å². The highest BCUT2D eigenvalue weighted by Gasteiger charge is 2.12. The van der Waals surface area contributed by atoms with Crippen LogP contribution in [0.4, 0.5) is 11.5 Å². The Hall–Kier alpha value is -3.02. The lowest BCUT2D eigenvalue weighted by Gasteiger charge is -2.11. The summed E-state index contributed by atoms with van der Waals surface area (Å²) in [5.41, 5.74) is 1.82. The normalized spacial score (nSPS) is 10.8. The van der Waals surface area contributed by atoms with Crippen molar-refractivity contribution in [1.29, 1.82) is 0 Å². The molecular formula is C22H18Cl2N2O3. The standard InChI is InChI=1S/C22H18Cl2N2O3/c1-28-20-10-6-14(12-21(20)29-2)5-9-19(27)16-4-3-11-25-22(16)26-18-8-7-15(23)13-17(18)24/h3-13H,1-2H3,(H,25,26). The van der Waals surface area contributed by atoms with E-state index in [-0.39, 0.29) is 5.78 Å². The van der Waals surface area contributed by atoms with Crippen LogP contribution in [0.2, 0.25) is 10.0 Å². The highest BCUT2D eigenvalue weighted by atomic mass is 35.5. The second kappa shape index (κ2) is 9.45. The van der Waals surface area contributed by atoms with Gasteiger partial charge < -0.3 is 14.8 Å². The van der Waals surface area contributed by atoms with Crippen molar-refractivity contribution in [2.45, 2.75) is 0 Å². The first-order chi connectivity index (χ1) is 14.0. The van der Waals surface area contributed by atoms with Crippen LogP contribution >= 0.6 is 23.2 Å². The average molecular weight is 429 g/mol. The number of nitrogens with one attached hydrogen (secondary N) is 1. The number of halogens is 2. The number of carbonyl (C=O) groups is 1. The fourth-order valence-electron chi connectivity index (χ4n) is 2.64. The molecule has 0 aliphatic rings. The SMILES string of the molecule is COc1ccc(C=CC(=O)c2cccnc2Nc2ccc(Cl)cc2Cl)cc1OC. The maximum Gasteiger partial charge on any atom is 0.189 e. The zero-order valence-electron chi connectivity index (χ0n) is 15.8. The molecule has 1 N–H and O–H groups in total. The summed E-state index contributed by atoms with van der Waals surface area (Å²) in [5.74, 6) is 1.40. The van der Waals surface area contributed by atoms with E-state index in [1.165, 1.54) is 6.08 Å². The van der Waals surface area contributed by atoms with Gasteiger partial charge in [-0.1, -0.05) is 35.3 Å². The van der Waals surface area contributed by atoms with Gasteiger partial charge in [-0.25, -0.2) is 4.98 Å². The van der Waals surface area contributed by atoms with Gasteiger partial charge in [-0.15, -0.1) is 0 Å². The van der Waals surface area contributed by atoms with Crippen molar-refractivity contribution in [3.63, 3.8) is 0 Å². The summed E-state index contributed by atoms with van der Waals surface area (Å²) in [6.45, 7) is 0. The molecule has 7 heteroatoms. The van der Waals surface area contributed by atoms with Crippen molar-refractivity contribution in [2.24, 2.45) is 0 Å². The summed E-state index contributed by atoms with van der Waals surface area (Å²) in [6.07, 6.45) is 4.78. The number of allylic oxidation sites excluding steroid dienone is 1. The van der Waals surface area contributed by atoms with Crippen LogP contribution in [-0.2, 0) is 0 Å². The maximum absolute atomic E-state index is 12.8. The van der Waals surface area contributed by atoms with Crippen LogP contribution < -0.4 is 14.8 Å². The molecule has 0 radical (unpaired) electrons. The molecule has 1 heterocycles. The van der Waals surface area contributed by atoms with E-state index in [1.54, 1.807) is 69.0 Å². The number of ether oxygens (including phenoxy) is 2. The summed E-state index contributed by atoms with van der Waals surface area (Å²) in [5, 5.41) is 4.04. The molecule has 2 aromatic carbocycles. The minimum Gasteiger partial charge on any atom is -0.493 e. The van der Waals surface area contributed by atoms with Gasteiger partial charge in [0, 0.05) is 11.2 Å². The highest BCUT2D eigenvalue weighted by molar-refractivity contribution is 6.36. The molecule has 29 heavy (non-hydrogen) atoms. The Kier molecular flexibility index (Phi) is 6.75. The lowest BCUT2D eigenvalue weighted by Crippen LogP contribution is -2.03. The number of aromatic nitrogens is 1. The van der Waals surface area contributed by atoms with Crippen molar-refractivity contribution in [3.05, 3.63) is 82.0 Å². The fraction of sp³-hybridized carbons (Fsp3) is 0.0909. The Balaban J connectivity index is 1.84. The smallest absolute Gasteiger partial charge is 0.189 e. The van der Waals surface area contributed by atoms with E-state index in [9.17, 15) is 4.79 Å². The molecule has 0 fully saturated rings. The number of anilines is 2. The number of methoxy groups -OCH3 is 2. The Morgan fingerprint density at radius 2 is 1.83 bits per heavy atom. The van der Waals surface area contributed by atoms with Gasteiger partial charge in [-0.3, -0.25) is 4.79 Å². The molecule has 0 saturated carbocycles. The number of benzene rings is 2. The van der Waals surface area contributed by atoms with Crippen LogP contribution in [0.15, 0.2) is 60.8 Å². The van der Waals surface area contributed by atoms with Gasteiger partial charge in [0.1, 0.15) is 5.82 Å². The Morgan fingerprint density at radius 1 is 1.03 bits per heavy atom. The van der Waals surface area contributed by atoms with Crippen molar-refractivity contribution >= 4 is 46.6 Å². The maximum atomic E-state index is 12.8. The van der Waals surface area contributed by atoms with Gasteiger partial charge in [-0.05, 0) is 54.1 Å². The van der Waals surface area contributed by atoms with Gasteiger partial charge in [0.25, 0.3) is 0 Å². The minimum atomic E-state index is -0.208. The molecule has 0 aliphatic heterocycles. The van der Waals surface area contributed by atoms with Crippen LogP contribution in [0.25, 0.3) is 6.08 Å². The number of hydrogen-bond donors (Lipinski definition) is 1. The Bertz CT molecular complexity index is 1070. The van der Waals surface area contributed by atoms with Gasteiger partial charge in [-0.2, -0.15) is 0 Å². The first-order valence-electron chi connectivity index (χ1n) is 8.63. The van der Waals surface area contributed by atoms with Crippen molar-refractivity contribution in [1.82, 2.24) is 4.98 Å². The molecule has 0 bridgehead atoms. The largest absolute Gasteiger partial charge is 0.493 e. The second-order valence-electron chi connectivity index (χ2n) is 5.96. The summed E-state index contributed by atoms with van der Waals surface area (Å²) < 4.78 is 10.5. The van der Waals surface area contributed by atoms with Crippen molar-refractivity contribution in [2.75, 3.05) is 19.5 Å². The van der Waals surface area contributed by atoms with E-state index >= 15 is 0 Å². The van der Waals surface area contributed by atoms with E-state index in [0.717, 1.165) is 5.56 Å². The topological polar surface area (TPSA) is 60.5 Å². The predicted octanol–water partition coefficient (Wildman–Crippen LogP) is 6.05. The predicted molar refractivity (Wildman–Crippen MR) is 117 cm³/mol. The van der Waals surface area contributed by atoms with Gasteiger partial charge >= 0.3 is 0 Å². The molecule has 0 unspecified atom stereocenters. The molecule has 5 nitrogen and oxygen atoms in total. The quantitative estimate of drug-likeness (QED) is 0.366. The Labute approximate surface area is 178 Å². The van der Waals surface area contributed by atoms with E-state index in [4.69, 9.17) is 32.7 Å². The number of carbonyl (C=O) groups excluding carboxylic acids is 1. The third-order valence-corrected chi connectivity index (χ3v) is 4.64. The molecule has 0 saturated heterocycles. The van der Waals surface area contributed by atoms with E-state index in [0.29, 0.717) is 38.6 Å². The number of pyridine rings is 1. The first-order valence-corrected chi connectivity index (χ1v) is 9.39. The van der Waals surface area contributed by atoms with Crippen LogP contribution in [0.1, 0.15) is 15.9 Å². The third kappa shape index (κ3) is 5.08. The minimum absolute atomic E-state index is 0.208. The molecule has 0 aliphatic carbocycles. The molecule has 0 amide bonds. The van der Waals surface area contributed by atoms with E-state index < -0.39 is 0 Å².